The van der Waals surface area contributed by atoms with Crippen molar-refractivity contribution in [1.82, 2.24) is 0 Å². The molecule has 0 unspecified atom stereocenters. The molecule has 2 aromatic rings. The van der Waals surface area contributed by atoms with E-state index >= 15 is 0 Å². The van der Waals surface area contributed by atoms with Gasteiger partial charge in [0.05, 0.1) is 12.2 Å². The Morgan fingerprint density at radius 3 is 2.26 bits per heavy atom. The second kappa shape index (κ2) is 9.80. The summed E-state index contributed by atoms with van der Waals surface area (Å²) in [4.78, 5) is 23.4. The minimum Gasteiger partial charge on any atom is -0.462 e. The van der Waals surface area contributed by atoms with Crippen molar-refractivity contribution in [1.29, 1.82) is 0 Å². The highest BCUT2D eigenvalue weighted by atomic mass is 19.3. The first-order valence-electron chi connectivity index (χ1n) is 8.71. The first-order chi connectivity index (χ1) is 12.9. The number of benzene rings is 2. The summed E-state index contributed by atoms with van der Waals surface area (Å²) in [5.41, 5.74) is 2.08. The highest BCUT2D eigenvalue weighted by Crippen LogP contribution is 2.23. The van der Waals surface area contributed by atoms with Gasteiger partial charge in [-0.3, -0.25) is 0 Å². The van der Waals surface area contributed by atoms with E-state index in [9.17, 15) is 18.4 Å². The second-order valence-electron chi connectivity index (χ2n) is 6.23. The minimum atomic E-state index is -3.56. The summed E-state index contributed by atoms with van der Waals surface area (Å²) in [6.45, 7) is 1.73. The molecule has 0 saturated carbocycles. The van der Waals surface area contributed by atoms with Crippen LogP contribution in [0.25, 0.3) is 0 Å². The fourth-order valence-corrected chi connectivity index (χ4v) is 2.32. The first kappa shape index (κ1) is 20.6. The molecule has 2 aromatic carbocycles. The number of rotatable bonds is 9. The molecule has 0 aliphatic rings. The summed E-state index contributed by atoms with van der Waals surface area (Å²) in [6.07, 6.45) is -0.378. The maximum absolute atomic E-state index is 13.8. The average molecular weight is 376 g/mol. The maximum atomic E-state index is 13.8. The number of ether oxygens (including phenoxy) is 2. The third-order valence-electron chi connectivity index (χ3n) is 3.92. The maximum Gasteiger partial charge on any atom is 0.377 e. The highest BCUT2D eigenvalue weighted by molar-refractivity contribution is 5.89. The van der Waals surface area contributed by atoms with Crippen molar-refractivity contribution < 1.29 is 27.8 Å². The zero-order valence-corrected chi connectivity index (χ0v) is 15.1. The van der Waals surface area contributed by atoms with E-state index in [1.807, 2.05) is 6.92 Å². The number of hydrogen-bond donors (Lipinski definition) is 0. The van der Waals surface area contributed by atoms with Crippen molar-refractivity contribution >= 4 is 11.9 Å². The Labute approximate surface area is 157 Å². The minimum absolute atomic E-state index is 0.0157. The van der Waals surface area contributed by atoms with Gasteiger partial charge in [0, 0.05) is 6.42 Å². The van der Waals surface area contributed by atoms with Crippen LogP contribution in [-0.4, -0.2) is 24.5 Å². The third-order valence-corrected chi connectivity index (χ3v) is 3.92. The van der Waals surface area contributed by atoms with Gasteiger partial charge in [-0.25, -0.2) is 9.59 Å². The van der Waals surface area contributed by atoms with E-state index in [4.69, 9.17) is 4.74 Å². The second-order valence-corrected chi connectivity index (χ2v) is 6.23. The molecular weight excluding hydrogens is 354 g/mol. The summed E-state index contributed by atoms with van der Waals surface area (Å²) >= 11 is 0. The molecule has 0 radical (unpaired) electrons. The molecule has 0 heterocycles. The van der Waals surface area contributed by atoms with Gasteiger partial charge in [-0.15, -0.1) is 0 Å². The lowest BCUT2D eigenvalue weighted by molar-refractivity contribution is -0.174. The Kier molecular flexibility index (Phi) is 7.46. The SMILES string of the molecule is Cc1ccc(C(=O)OCCCCC(F)(F)C(=O)OCc2ccccc2)cc1. The van der Waals surface area contributed by atoms with Crippen LogP contribution in [-0.2, 0) is 20.9 Å². The smallest absolute Gasteiger partial charge is 0.377 e. The van der Waals surface area contributed by atoms with Gasteiger partial charge >= 0.3 is 17.9 Å². The molecule has 6 heteroatoms. The molecule has 0 bridgehead atoms. The van der Waals surface area contributed by atoms with Crippen LogP contribution in [0.1, 0.15) is 40.7 Å². The molecule has 144 valence electrons. The molecule has 0 aliphatic heterocycles. The fraction of sp³-hybridized carbons (Fsp3) is 0.333. The van der Waals surface area contributed by atoms with Gasteiger partial charge in [-0.2, -0.15) is 8.78 Å². The van der Waals surface area contributed by atoms with Crippen LogP contribution in [0.4, 0.5) is 8.78 Å². The number of esters is 2. The van der Waals surface area contributed by atoms with Crippen LogP contribution in [0, 0.1) is 6.92 Å². The van der Waals surface area contributed by atoms with Crippen molar-refractivity contribution in [3.63, 3.8) is 0 Å². The lowest BCUT2D eigenvalue weighted by Gasteiger charge is -2.15. The Bertz CT molecular complexity index is 743. The molecule has 0 amide bonds. The zero-order chi connectivity index (χ0) is 19.7. The van der Waals surface area contributed by atoms with Crippen molar-refractivity contribution in [3.05, 3.63) is 71.3 Å². The quantitative estimate of drug-likeness (QED) is 0.470. The number of alkyl halides is 2. The molecule has 0 aromatic heterocycles. The average Bonchev–Trinajstić information content (AvgIpc) is 2.67. The molecule has 0 spiro atoms. The monoisotopic (exact) mass is 376 g/mol. The standard InChI is InChI=1S/C21H22F2O4/c1-16-9-11-18(12-10-16)19(24)26-14-6-5-13-21(22,23)20(25)27-15-17-7-3-2-4-8-17/h2-4,7-12H,5-6,13-15H2,1H3. The topological polar surface area (TPSA) is 52.6 Å². The molecule has 27 heavy (non-hydrogen) atoms. The van der Waals surface area contributed by atoms with Crippen LogP contribution in [0.2, 0.25) is 0 Å². The van der Waals surface area contributed by atoms with E-state index < -0.39 is 24.3 Å². The summed E-state index contributed by atoms with van der Waals surface area (Å²) in [5, 5.41) is 0. The van der Waals surface area contributed by atoms with E-state index in [0.29, 0.717) is 11.1 Å². The van der Waals surface area contributed by atoms with Gasteiger partial charge in [-0.05, 0) is 37.5 Å². The predicted octanol–water partition coefficient (Wildman–Crippen LogP) is 4.70. The summed E-state index contributed by atoms with van der Waals surface area (Å²) < 4.78 is 37.4. The van der Waals surface area contributed by atoms with Crippen molar-refractivity contribution in [3.8, 4) is 0 Å². The molecule has 2 rings (SSSR count). The van der Waals surface area contributed by atoms with Gasteiger partial charge in [0.2, 0.25) is 0 Å². The van der Waals surface area contributed by atoms with Crippen LogP contribution in [0.15, 0.2) is 54.6 Å². The number of halogens is 2. The molecule has 4 nitrogen and oxygen atoms in total. The van der Waals surface area contributed by atoms with E-state index in [1.54, 1.807) is 54.6 Å². The van der Waals surface area contributed by atoms with E-state index in [1.165, 1.54) is 0 Å². The van der Waals surface area contributed by atoms with Crippen LogP contribution < -0.4 is 0 Å². The number of aryl methyl sites for hydroxylation is 1. The number of carbonyl (C=O) groups excluding carboxylic acids is 2. The number of carbonyl (C=O) groups is 2. The Morgan fingerprint density at radius 2 is 1.59 bits per heavy atom. The van der Waals surface area contributed by atoms with Gasteiger partial charge in [0.15, 0.2) is 0 Å². The van der Waals surface area contributed by atoms with Crippen molar-refractivity contribution in [2.45, 2.75) is 38.7 Å². The van der Waals surface area contributed by atoms with Gasteiger partial charge in [0.25, 0.3) is 0 Å². The van der Waals surface area contributed by atoms with E-state index in [0.717, 1.165) is 5.56 Å². The summed E-state index contributed by atoms with van der Waals surface area (Å²) in [5.74, 6) is -5.59. The molecule has 0 saturated heterocycles. The Hall–Kier alpha value is -2.76. The zero-order valence-electron chi connectivity index (χ0n) is 15.1. The number of hydrogen-bond acceptors (Lipinski definition) is 4. The van der Waals surface area contributed by atoms with Crippen LogP contribution >= 0.6 is 0 Å². The largest absolute Gasteiger partial charge is 0.462 e. The van der Waals surface area contributed by atoms with Crippen molar-refractivity contribution in [2.24, 2.45) is 0 Å². The summed E-state index contributed by atoms with van der Waals surface area (Å²) in [6, 6.07) is 15.5. The first-order valence-corrected chi connectivity index (χ1v) is 8.71. The molecule has 0 fully saturated rings. The normalized spacial score (nSPS) is 11.1. The molecule has 0 atom stereocenters. The lowest BCUT2D eigenvalue weighted by Crippen LogP contribution is -2.30. The van der Waals surface area contributed by atoms with E-state index in [2.05, 4.69) is 4.74 Å². The lowest BCUT2D eigenvalue weighted by atomic mass is 10.1. The summed E-state index contributed by atoms with van der Waals surface area (Å²) in [7, 11) is 0. The predicted molar refractivity (Wildman–Crippen MR) is 96.5 cm³/mol. The van der Waals surface area contributed by atoms with Crippen LogP contribution in [0.3, 0.4) is 0 Å². The van der Waals surface area contributed by atoms with Gasteiger partial charge < -0.3 is 9.47 Å². The Balaban J connectivity index is 1.66. The van der Waals surface area contributed by atoms with E-state index in [-0.39, 0.29) is 26.1 Å². The Morgan fingerprint density at radius 1 is 0.926 bits per heavy atom. The molecule has 0 N–H and O–H groups in total. The molecule has 0 aliphatic carbocycles. The molecular formula is C21H22F2O4. The number of unbranched alkanes of at least 4 members (excludes halogenated alkanes) is 1. The van der Waals surface area contributed by atoms with Crippen molar-refractivity contribution in [2.75, 3.05) is 6.61 Å². The van der Waals surface area contributed by atoms with Gasteiger partial charge in [-0.1, -0.05) is 48.0 Å². The fourth-order valence-electron chi connectivity index (χ4n) is 2.32. The highest BCUT2D eigenvalue weighted by Gasteiger charge is 2.39. The third kappa shape index (κ3) is 6.81. The van der Waals surface area contributed by atoms with Gasteiger partial charge in [0.1, 0.15) is 6.61 Å². The van der Waals surface area contributed by atoms with Crippen LogP contribution in [0.5, 0.6) is 0 Å².